The van der Waals surface area contributed by atoms with Gasteiger partial charge >= 0.3 is 0 Å². The van der Waals surface area contributed by atoms with Crippen LogP contribution < -0.4 is 10.2 Å². The van der Waals surface area contributed by atoms with Crippen LogP contribution in [0, 0.1) is 17.2 Å². The molecule has 1 aromatic rings. The fourth-order valence-electron chi connectivity index (χ4n) is 2.29. The Kier molecular flexibility index (Phi) is 4.35. The highest BCUT2D eigenvalue weighted by molar-refractivity contribution is 5.48. The molecule has 0 aromatic carbocycles. The molecular formula is C13H19N5. The van der Waals surface area contributed by atoms with E-state index in [1.807, 2.05) is 6.07 Å². The summed E-state index contributed by atoms with van der Waals surface area (Å²) < 4.78 is 0. The van der Waals surface area contributed by atoms with Gasteiger partial charge in [-0.15, -0.1) is 0 Å². The van der Waals surface area contributed by atoms with E-state index in [4.69, 9.17) is 5.26 Å². The van der Waals surface area contributed by atoms with Gasteiger partial charge in [-0.05, 0) is 25.7 Å². The second kappa shape index (κ2) is 6.20. The first kappa shape index (κ1) is 12.6. The lowest BCUT2D eigenvalue weighted by Crippen LogP contribution is -2.34. The van der Waals surface area contributed by atoms with E-state index in [0.29, 0.717) is 12.3 Å². The number of anilines is 2. The van der Waals surface area contributed by atoms with Crippen molar-refractivity contribution in [1.82, 2.24) is 9.97 Å². The maximum absolute atomic E-state index is 8.70. The molecule has 0 spiro atoms. The highest BCUT2D eigenvalue weighted by Gasteiger charge is 2.20. The zero-order valence-electron chi connectivity index (χ0n) is 10.8. The second-order valence-electron chi connectivity index (χ2n) is 4.58. The van der Waals surface area contributed by atoms with Gasteiger partial charge in [-0.3, -0.25) is 0 Å². The quantitative estimate of drug-likeness (QED) is 0.879. The molecular weight excluding hydrogens is 226 g/mol. The first-order chi connectivity index (χ1) is 8.83. The van der Waals surface area contributed by atoms with E-state index < -0.39 is 0 Å². The number of nitrogens with zero attached hydrogens (tertiary/aromatic N) is 4. The molecule has 1 saturated heterocycles. The lowest BCUT2D eigenvalue weighted by molar-refractivity contribution is 0.411. The smallest absolute Gasteiger partial charge is 0.134 e. The molecule has 1 fully saturated rings. The maximum atomic E-state index is 8.70. The summed E-state index contributed by atoms with van der Waals surface area (Å²) in [4.78, 5) is 10.8. The van der Waals surface area contributed by atoms with Crippen molar-refractivity contribution < 1.29 is 0 Å². The molecule has 0 unspecified atom stereocenters. The van der Waals surface area contributed by atoms with Gasteiger partial charge in [0, 0.05) is 32.1 Å². The third kappa shape index (κ3) is 3.10. The van der Waals surface area contributed by atoms with E-state index in [9.17, 15) is 0 Å². The molecule has 0 atom stereocenters. The summed E-state index contributed by atoms with van der Waals surface area (Å²) >= 11 is 0. The summed E-state index contributed by atoms with van der Waals surface area (Å²) in [6, 6.07) is 4.26. The van der Waals surface area contributed by atoms with E-state index in [1.54, 1.807) is 6.33 Å². The van der Waals surface area contributed by atoms with Crippen LogP contribution in [0.5, 0.6) is 0 Å². The van der Waals surface area contributed by atoms with Crippen molar-refractivity contribution >= 4 is 11.6 Å². The van der Waals surface area contributed by atoms with Crippen LogP contribution in [0.2, 0.25) is 0 Å². The Bertz CT molecular complexity index is 418. The number of aromatic nitrogens is 2. The predicted octanol–water partition coefficient (Wildman–Crippen LogP) is 2.04. The summed E-state index contributed by atoms with van der Waals surface area (Å²) in [7, 11) is 0. The van der Waals surface area contributed by atoms with Gasteiger partial charge in [-0.1, -0.05) is 0 Å². The summed E-state index contributed by atoms with van der Waals surface area (Å²) in [5, 5.41) is 11.9. The van der Waals surface area contributed by atoms with E-state index >= 15 is 0 Å². The van der Waals surface area contributed by atoms with Crippen molar-refractivity contribution in [3.63, 3.8) is 0 Å². The molecule has 0 aliphatic carbocycles. The molecule has 0 radical (unpaired) electrons. The van der Waals surface area contributed by atoms with Crippen LogP contribution in [0.4, 0.5) is 11.6 Å². The number of piperidine rings is 1. The first-order valence-electron chi connectivity index (χ1n) is 6.51. The molecule has 5 heteroatoms. The molecule has 1 aliphatic heterocycles. The van der Waals surface area contributed by atoms with Gasteiger partial charge in [0.15, 0.2) is 0 Å². The lowest BCUT2D eigenvalue weighted by Gasteiger charge is -2.31. The van der Waals surface area contributed by atoms with Crippen molar-refractivity contribution in [3.8, 4) is 6.07 Å². The maximum Gasteiger partial charge on any atom is 0.134 e. The largest absolute Gasteiger partial charge is 0.370 e. The van der Waals surface area contributed by atoms with Crippen molar-refractivity contribution in [1.29, 1.82) is 5.26 Å². The molecule has 5 nitrogen and oxygen atoms in total. The SMILES string of the molecule is CCNc1cc(N2CCC(CC#N)CC2)ncn1. The van der Waals surface area contributed by atoms with Crippen molar-refractivity contribution in [3.05, 3.63) is 12.4 Å². The third-order valence-corrected chi connectivity index (χ3v) is 3.33. The molecule has 2 heterocycles. The lowest BCUT2D eigenvalue weighted by atomic mass is 9.94. The van der Waals surface area contributed by atoms with Crippen LogP contribution in [0.3, 0.4) is 0 Å². The molecule has 2 rings (SSSR count). The second-order valence-corrected chi connectivity index (χ2v) is 4.58. The number of nitriles is 1. The van der Waals surface area contributed by atoms with E-state index in [1.165, 1.54) is 0 Å². The molecule has 96 valence electrons. The fraction of sp³-hybridized carbons (Fsp3) is 0.615. The molecule has 18 heavy (non-hydrogen) atoms. The Labute approximate surface area is 108 Å². The average molecular weight is 245 g/mol. The Balaban J connectivity index is 1.97. The van der Waals surface area contributed by atoms with Crippen LogP contribution in [0.1, 0.15) is 26.2 Å². The molecule has 0 saturated carbocycles. The molecule has 1 aliphatic rings. The van der Waals surface area contributed by atoms with Gasteiger partial charge < -0.3 is 10.2 Å². The van der Waals surface area contributed by atoms with Crippen molar-refractivity contribution in [2.45, 2.75) is 26.2 Å². The standard InChI is InChI=1S/C13H19N5/c1-2-15-12-9-13(17-10-16-12)18-7-4-11(3-6-14)5-8-18/h9-11H,2-5,7-8H2,1H3,(H,15,16,17). The molecule has 0 bridgehead atoms. The van der Waals surface area contributed by atoms with Gasteiger partial charge in [0.25, 0.3) is 0 Å². The molecule has 0 amide bonds. The van der Waals surface area contributed by atoms with Crippen LogP contribution in [-0.4, -0.2) is 29.6 Å². The summed E-state index contributed by atoms with van der Waals surface area (Å²) in [5.41, 5.74) is 0. The Hall–Kier alpha value is -1.83. The summed E-state index contributed by atoms with van der Waals surface area (Å²) in [5.74, 6) is 2.42. The number of nitrogens with one attached hydrogen (secondary N) is 1. The highest BCUT2D eigenvalue weighted by atomic mass is 15.2. The summed E-state index contributed by atoms with van der Waals surface area (Å²) in [6.45, 7) is 4.87. The monoisotopic (exact) mass is 245 g/mol. The highest BCUT2D eigenvalue weighted by Crippen LogP contribution is 2.24. The minimum absolute atomic E-state index is 0.557. The minimum atomic E-state index is 0.557. The van der Waals surface area contributed by atoms with Gasteiger partial charge in [0.2, 0.25) is 0 Å². The number of hydrogen-bond acceptors (Lipinski definition) is 5. The minimum Gasteiger partial charge on any atom is -0.370 e. The third-order valence-electron chi connectivity index (χ3n) is 3.33. The topological polar surface area (TPSA) is 64.8 Å². The molecule has 1 aromatic heterocycles. The van der Waals surface area contributed by atoms with E-state index in [-0.39, 0.29) is 0 Å². The average Bonchev–Trinajstić information content (AvgIpc) is 2.41. The Morgan fingerprint density at radius 3 is 2.89 bits per heavy atom. The first-order valence-corrected chi connectivity index (χ1v) is 6.51. The predicted molar refractivity (Wildman–Crippen MR) is 71.4 cm³/mol. The number of rotatable bonds is 4. The number of hydrogen-bond donors (Lipinski definition) is 1. The van der Waals surface area contributed by atoms with Crippen LogP contribution in [0.25, 0.3) is 0 Å². The van der Waals surface area contributed by atoms with Crippen LogP contribution in [-0.2, 0) is 0 Å². The van der Waals surface area contributed by atoms with Gasteiger partial charge in [0.1, 0.15) is 18.0 Å². The zero-order chi connectivity index (χ0) is 12.8. The fourth-order valence-corrected chi connectivity index (χ4v) is 2.29. The Morgan fingerprint density at radius 2 is 2.22 bits per heavy atom. The Morgan fingerprint density at radius 1 is 1.44 bits per heavy atom. The van der Waals surface area contributed by atoms with Crippen LogP contribution >= 0.6 is 0 Å². The zero-order valence-corrected chi connectivity index (χ0v) is 10.8. The summed E-state index contributed by atoms with van der Waals surface area (Å²) in [6.07, 6.45) is 4.44. The van der Waals surface area contributed by atoms with E-state index in [2.05, 4.69) is 33.2 Å². The normalized spacial score (nSPS) is 16.3. The van der Waals surface area contributed by atoms with Crippen molar-refractivity contribution in [2.24, 2.45) is 5.92 Å². The molecule has 1 N–H and O–H groups in total. The van der Waals surface area contributed by atoms with Gasteiger partial charge in [0.05, 0.1) is 6.07 Å². The van der Waals surface area contributed by atoms with Crippen molar-refractivity contribution in [2.75, 3.05) is 29.9 Å². The van der Waals surface area contributed by atoms with Gasteiger partial charge in [-0.25, -0.2) is 9.97 Å². The van der Waals surface area contributed by atoms with Gasteiger partial charge in [-0.2, -0.15) is 5.26 Å². The van der Waals surface area contributed by atoms with E-state index in [0.717, 1.165) is 44.1 Å². The van der Waals surface area contributed by atoms with Crippen LogP contribution in [0.15, 0.2) is 12.4 Å².